The molecule has 2 rings (SSSR count). The minimum Gasteiger partial charge on any atom is -0.392 e. The van der Waals surface area contributed by atoms with Crippen LogP contribution in [0, 0.1) is 12.3 Å². The number of amides is 1. The summed E-state index contributed by atoms with van der Waals surface area (Å²) < 4.78 is 0. The Kier molecular flexibility index (Phi) is 4.66. The van der Waals surface area contributed by atoms with Gasteiger partial charge in [-0.1, -0.05) is 49.1 Å². The molecule has 1 aliphatic carbocycles. The number of anilines is 1. The van der Waals surface area contributed by atoms with E-state index in [1.165, 1.54) is 0 Å². The van der Waals surface area contributed by atoms with Crippen molar-refractivity contribution in [3.63, 3.8) is 0 Å². The van der Waals surface area contributed by atoms with Crippen LogP contribution in [0.2, 0.25) is 5.02 Å². The molecular formula is C15H19ClN2OS. The van der Waals surface area contributed by atoms with Gasteiger partial charge in [-0.3, -0.25) is 4.79 Å². The molecule has 0 atom stereocenters. The Morgan fingerprint density at radius 2 is 2.00 bits per heavy atom. The zero-order chi connectivity index (χ0) is 14.8. The number of hydrogen-bond acceptors (Lipinski definition) is 2. The summed E-state index contributed by atoms with van der Waals surface area (Å²) in [5.41, 5.74) is 6.75. The molecule has 0 aliphatic heterocycles. The van der Waals surface area contributed by atoms with E-state index in [4.69, 9.17) is 29.6 Å². The average Bonchev–Trinajstić information content (AvgIpc) is 2.44. The minimum absolute atomic E-state index is 0.102. The van der Waals surface area contributed by atoms with E-state index in [0.717, 1.165) is 43.4 Å². The Labute approximate surface area is 129 Å². The summed E-state index contributed by atoms with van der Waals surface area (Å²) in [5, 5.41) is 3.59. The predicted octanol–water partition coefficient (Wildman–Crippen LogP) is 3.82. The van der Waals surface area contributed by atoms with Gasteiger partial charge < -0.3 is 11.1 Å². The lowest BCUT2D eigenvalue weighted by atomic mass is 9.73. The van der Waals surface area contributed by atoms with Gasteiger partial charge in [0.15, 0.2) is 0 Å². The lowest BCUT2D eigenvalue weighted by molar-refractivity contribution is -0.123. The van der Waals surface area contributed by atoms with E-state index >= 15 is 0 Å². The fourth-order valence-corrected chi connectivity index (χ4v) is 3.20. The molecule has 3 nitrogen and oxygen atoms in total. The van der Waals surface area contributed by atoms with Crippen molar-refractivity contribution in [2.24, 2.45) is 11.1 Å². The highest BCUT2D eigenvalue weighted by Crippen LogP contribution is 2.38. The Morgan fingerprint density at radius 3 is 2.60 bits per heavy atom. The predicted molar refractivity (Wildman–Crippen MR) is 87.1 cm³/mol. The number of carbonyl (C=O) groups excluding carboxylic acids is 1. The number of carbonyl (C=O) groups is 1. The molecule has 5 heteroatoms. The third-order valence-corrected chi connectivity index (χ3v) is 4.93. The van der Waals surface area contributed by atoms with Crippen LogP contribution in [-0.4, -0.2) is 10.9 Å². The van der Waals surface area contributed by atoms with Gasteiger partial charge in [0.05, 0.1) is 10.4 Å². The van der Waals surface area contributed by atoms with Gasteiger partial charge in [0.1, 0.15) is 0 Å². The third kappa shape index (κ3) is 2.81. The topological polar surface area (TPSA) is 55.1 Å². The second kappa shape index (κ2) is 6.10. The second-order valence-electron chi connectivity index (χ2n) is 5.37. The molecule has 20 heavy (non-hydrogen) atoms. The molecule has 0 saturated heterocycles. The molecular weight excluding hydrogens is 292 g/mol. The molecule has 1 saturated carbocycles. The molecule has 1 amide bonds. The van der Waals surface area contributed by atoms with Gasteiger partial charge in [-0.25, -0.2) is 0 Å². The SMILES string of the molecule is Cc1c(Cl)cccc1NC(=O)C1(C(N)=S)CCCCC1. The van der Waals surface area contributed by atoms with E-state index in [-0.39, 0.29) is 5.91 Å². The van der Waals surface area contributed by atoms with Crippen LogP contribution >= 0.6 is 23.8 Å². The van der Waals surface area contributed by atoms with Crippen molar-refractivity contribution in [3.05, 3.63) is 28.8 Å². The fraction of sp³-hybridized carbons (Fsp3) is 0.467. The van der Waals surface area contributed by atoms with Crippen LogP contribution in [0.1, 0.15) is 37.7 Å². The van der Waals surface area contributed by atoms with Crippen LogP contribution < -0.4 is 11.1 Å². The summed E-state index contributed by atoms with van der Waals surface area (Å²) in [6.07, 6.45) is 4.56. The molecule has 108 valence electrons. The van der Waals surface area contributed by atoms with Crippen molar-refractivity contribution in [1.29, 1.82) is 0 Å². The van der Waals surface area contributed by atoms with Crippen LogP contribution in [-0.2, 0) is 4.79 Å². The number of hydrogen-bond donors (Lipinski definition) is 2. The summed E-state index contributed by atoms with van der Waals surface area (Å²) in [6.45, 7) is 1.88. The average molecular weight is 311 g/mol. The van der Waals surface area contributed by atoms with Crippen molar-refractivity contribution in [3.8, 4) is 0 Å². The monoisotopic (exact) mass is 310 g/mol. The zero-order valence-electron chi connectivity index (χ0n) is 11.5. The van der Waals surface area contributed by atoms with Crippen molar-refractivity contribution in [2.45, 2.75) is 39.0 Å². The molecule has 0 bridgehead atoms. The first-order valence-corrected chi connectivity index (χ1v) is 7.62. The number of benzene rings is 1. The molecule has 0 heterocycles. The number of halogens is 1. The van der Waals surface area contributed by atoms with Crippen LogP contribution in [0.15, 0.2) is 18.2 Å². The van der Waals surface area contributed by atoms with Crippen molar-refractivity contribution >= 4 is 40.4 Å². The highest BCUT2D eigenvalue weighted by molar-refractivity contribution is 7.80. The largest absolute Gasteiger partial charge is 0.392 e. The van der Waals surface area contributed by atoms with Crippen molar-refractivity contribution < 1.29 is 4.79 Å². The maximum atomic E-state index is 12.7. The third-order valence-electron chi connectivity index (χ3n) is 4.13. The van der Waals surface area contributed by atoms with E-state index < -0.39 is 5.41 Å². The lowest BCUT2D eigenvalue weighted by Gasteiger charge is -2.34. The first-order chi connectivity index (χ1) is 9.47. The molecule has 0 radical (unpaired) electrons. The van der Waals surface area contributed by atoms with E-state index in [0.29, 0.717) is 10.0 Å². The molecule has 1 aromatic rings. The summed E-state index contributed by atoms with van der Waals surface area (Å²) in [5.74, 6) is -0.102. The summed E-state index contributed by atoms with van der Waals surface area (Å²) in [7, 11) is 0. The number of nitrogens with two attached hydrogens (primary N) is 1. The number of nitrogens with one attached hydrogen (secondary N) is 1. The Morgan fingerprint density at radius 1 is 1.35 bits per heavy atom. The van der Waals surface area contributed by atoms with Gasteiger partial charge in [0.25, 0.3) is 0 Å². The van der Waals surface area contributed by atoms with Gasteiger partial charge in [0, 0.05) is 10.7 Å². The van der Waals surface area contributed by atoms with Crippen LogP contribution in [0.4, 0.5) is 5.69 Å². The first kappa shape index (κ1) is 15.3. The minimum atomic E-state index is -0.706. The van der Waals surface area contributed by atoms with Crippen molar-refractivity contribution in [2.75, 3.05) is 5.32 Å². The zero-order valence-corrected chi connectivity index (χ0v) is 13.1. The standard InChI is InChI=1S/C15H19ClN2OS/c1-10-11(16)6-5-7-12(10)18-14(19)15(13(17)20)8-3-2-4-9-15/h5-7H,2-4,8-9H2,1H3,(H2,17,20)(H,18,19). The maximum Gasteiger partial charge on any atom is 0.237 e. The highest BCUT2D eigenvalue weighted by atomic mass is 35.5. The van der Waals surface area contributed by atoms with Crippen LogP contribution in [0.25, 0.3) is 0 Å². The van der Waals surface area contributed by atoms with E-state index in [1.807, 2.05) is 19.1 Å². The second-order valence-corrected chi connectivity index (χ2v) is 6.22. The van der Waals surface area contributed by atoms with Gasteiger partial charge in [-0.05, 0) is 37.5 Å². The molecule has 0 spiro atoms. The van der Waals surface area contributed by atoms with E-state index in [9.17, 15) is 4.79 Å². The summed E-state index contributed by atoms with van der Waals surface area (Å²) in [6, 6.07) is 5.46. The number of thiocarbonyl (C=S) groups is 1. The van der Waals surface area contributed by atoms with E-state index in [2.05, 4.69) is 5.32 Å². The molecule has 0 aromatic heterocycles. The molecule has 1 fully saturated rings. The summed E-state index contributed by atoms with van der Waals surface area (Å²) >= 11 is 11.2. The molecule has 3 N–H and O–H groups in total. The lowest BCUT2D eigenvalue weighted by Crippen LogP contribution is -2.47. The normalized spacial score (nSPS) is 17.5. The highest BCUT2D eigenvalue weighted by Gasteiger charge is 2.42. The quantitative estimate of drug-likeness (QED) is 0.834. The molecule has 1 aromatic carbocycles. The smallest absolute Gasteiger partial charge is 0.237 e. The Bertz CT molecular complexity index is 539. The van der Waals surface area contributed by atoms with Crippen molar-refractivity contribution in [1.82, 2.24) is 0 Å². The maximum absolute atomic E-state index is 12.7. The molecule has 1 aliphatic rings. The summed E-state index contributed by atoms with van der Waals surface area (Å²) in [4.78, 5) is 13.0. The fourth-order valence-electron chi connectivity index (χ4n) is 2.73. The Hall–Kier alpha value is -1.13. The van der Waals surface area contributed by atoms with Gasteiger partial charge in [-0.2, -0.15) is 0 Å². The van der Waals surface area contributed by atoms with E-state index in [1.54, 1.807) is 6.07 Å². The Balaban J connectivity index is 2.25. The van der Waals surface area contributed by atoms with Crippen LogP contribution in [0.3, 0.4) is 0 Å². The van der Waals surface area contributed by atoms with Crippen LogP contribution in [0.5, 0.6) is 0 Å². The number of rotatable bonds is 3. The first-order valence-electron chi connectivity index (χ1n) is 6.84. The molecule has 0 unspecified atom stereocenters. The van der Waals surface area contributed by atoms with Gasteiger partial charge in [0.2, 0.25) is 5.91 Å². The van der Waals surface area contributed by atoms with Gasteiger partial charge >= 0.3 is 0 Å². The van der Waals surface area contributed by atoms with Gasteiger partial charge in [-0.15, -0.1) is 0 Å².